The van der Waals surface area contributed by atoms with E-state index in [1.165, 1.54) is 11.8 Å². The minimum Gasteiger partial charge on any atom is -0.390 e. The van der Waals surface area contributed by atoms with Gasteiger partial charge in [0, 0.05) is 5.75 Å². The van der Waals surface area contributed by atoms with Crippen LogP contribution in [0.5, 0.6) is 0 Å². The van der Waals surface area contributed by atoms with Crippen LogP contribution in [-0.4, -0.2) is 38.3 Å². The Balaban J connectivity index is 1.42. The van der Waals surface area contributed by atoms with Gasteiger partial charge in [-0.15, -0.1) is 5.10 Å². The summed E-state index contributed by atoms with van der Waals surface area (Å²) in [4.78, 5) is 4.26. The number of hydrogen-bond donors (Lipinski definition) is 1. The Morgan fingerprint density at radius 1 is 1.04 bits per heavy atom. The molecular weight excluding hydrogens is 322 g/mol. The smallest absolute Gasteiger partial charge is 0.208 e. The minimum atomic E-state index is -0.553. The molecule has 0 spiro atoms. The van der Waals surface area contributed by atoms with Crippen LogP contribution in [0.3, 0.4) is 0 Å². The van der Waals surface area contributed by atoms with Crippen LogP contribution < -0.4 is 0 Å². The van der Waals surface area contributed by atoms with E-state index in [9.17, 15) is 5.11 Å². The summed E-state index contributed by atoms with van der Waals surface area (Å²) < 4.78 is 7.26. The second kappa shape index (κ2) is 8.63. The van der Waals surface area contributed by atoms with Crippen molar-refractivity contribution in [3.05, 3.63) is 72.6 Å². The molecule has 0 aliphatic carbocycles. The first-order valence-electron chi connectivity index (χ1n) is 7.71. The molecule has 0 radical (unpaired) electrons. The summed E-state index contributed by atoms with van der Waals surface area (Å²) in [5.41, 5.74) is 2.06. The predicted octanol–water partition coefficient (Wildman–Crippen LogP) is 2.94. The molecule has 0 aliphatic heterocycles. The fourth-order valence-electron chi connectivity index (χ4n) is 2.13. The molecule has 1 atom stereocenters. The summed E-state index contributed by atoms with van der Waals surface area (Å²) in [6.45, 7) is 0.796. The molecule has 0 aliphatic rings. The molecule has 0 unspecified atom stereocenters. The summed E-state index contributed by atoms with van der Waals surface area (Å²) in [5.74, 6) is 0.494. The van der Waals surface area contributed by atoms with Gasteiger partial charge in [0.1, 0.15) is 6.33 Å². The Bertz CT molecular complexity index is 734. The zero-order chi connectivity index (χ0) is 16.6. The predicted molar refractivity (Wildman–Crippen MR) is 94.2 cm³/mol. The van der Waals surface area contributed by atoms with Crippen molar-refractivity contribution in [2.75, 3.05) is 12.4 Å². The van der Waals surface area contributed by atoms with Gasteiger partial charge in [0.25, 0.3) is 0 Å². The third-order valence-electron chi connectivity index (χ3n) is 3.32. The van der Waals surface area contributed by atoms with Crippen molar-refractivity contribution in [3.63, 3.8) is 0 Å². The van der Waals surface area contributed by atoms with Crippen molar-refractivity contribution in [2.45, 2.75) is 17.9 Å². The molecule has 0 fully saturated rings. The number of ether oxygens (including phenoxy) is 1. The average Bonchev–Trinajstić information content (AvgIpc) is 3.11. The maximum Gasteiger partial charge on any atom is 0.208 e. The summed E-state index contributed by atoms with van der Waals surface area (Å²) in [6.07, 6.45) is 1.12. The number of benzene rings is 2. The van der Waals surface area contributed by atoms with Gasteiger partial charge in [-0.25, -0.2) is 9.67 Å². The number of aromatic nitrogens is 3. The van der Waals surface area contributed by atoms with Crippen molar-refractivity contribution in [2.24, 2.45) is 0 Å². The summed E-state index contributed by atoms with van der Waals surface area (Å²) in [7, 11) is 0. The first-order valence-corrected chi connectivity index (χ1v) is 8.69. The molecule has 1 aromatic heterocycles. The van der Waals surface area contributed by atoms with Crippen LogP contribution in [-0.2, 0) is 11.3 Å². The normalized spacial score (nSPS) is 12.2. The molecule has 5 nitrogen and oxygen atoms in total. The number of aliphatic hydroxyl groups excluding tert-OH is 1. The van der Waals surface area contributed by atoms with E-state index in [1.807, 2.05) is 60.7 Å². The van der Waals surface area contributed by atoms with Crippen molar-refractivity contribution in [1.29, 1.82) is 0 Å². The van der Waals surface area contributed by atoms with Gasteiger partial charge in [0.2, 0.25) is 5.16 Å². The van der Waals surface area contributed by atoms with Crippen LogP contribution in [0.15, 0.2) is 72.1 Å². The van der Waals surface area contributed by atoms with E-state index in [1.54, 1.807) is 11.0 Å². The lowest BCUT2D eigenvalue weighted by Crippen LogP contribution is -2.18. The number of hydrogen-bond acceptors (Lipinski definition) is 5. The lowest BCUT2D eigenvalue weighted by atomic mass is 10.2. The molecule has 3 rings (SSSR count). The van der Waals surface area contributed by atoms with Gasteiger partial charge in [-0.1, -0.05) is 60.3 Å². The zero-order valence-electron chi connectivity index (χ0n) is 13.2. The van der Waals surface area contributed by atoms with E-state index >= 15 is 0 Å². The standard InChI is InChI=1S/C18H19N3O2S/c22-17(12-23-11-15-7-3-1-4-8-15)13-24-18-19-14-21(20-18)16-9-5-2-6-10-16/h1-10,14,17,22H,11-13H2/t17-/m0/s1. The van der Waals surface area contributed by atoms with Crippen LogP contribution >= 0.6 is 11.8 Å². The molecule has 24 heavy (non-hydrogen) atoms. The molecule has 1 heterocycles. The van der Waals surface area contributed by atoms with Crippen molar-refractivity contribution in [1.82, 2.24) is 14.8 Å². The van der Waals surface area contributed by atoms with Gasteiger partial charge in [-0.3, -0.25) is 0 Å². The summed E-state index contributed by atoms with van der Waals surface area (Å²) in [6, 6.07) is 19.7. The van der Waals surface area contributed by atoms with Gasteiger partial charge in [-0.05, 0) is 17.7 Å². The lowest BCUT2D eigenvalue weighted by molar-refractivity contribution is 0.0398. The number of rotatable bonds is 8. The van der Waals surface area contributed by atoms with E-state index in [4.69, 9.17) is 4.74 Å². The monoisotopic (exact) mass is 341 g/mol. The summed E-state index contributed by atoms with van der Waals surface area (Å²) in [5, 5.41) is 15.0. The fourth-order valence-corrected chi connectivity index (χ4v) is 2.83. The Morgan fingerprint density at radius 3 is 2.50 bits per heavy atom. The highest BCUT2D eigenvalue weighted by Gasteiger charge is 2.09. The van der Waals surface area contributed by atoms with Crippen molar-refractivity contribution >= 4 is 11.8 Å². The second-order valence-corrected chi connectivity index (χ2v) is 6.26. The Kier molecular flexibility index (Phi) is 6.01. The molecule has 3 aromatic rings. The summed E-state index contributed by atoms with van der Waals surface area (Å²) >= 11 is 1.42. The van der Waals surface area contributed by atoms with Crippen LogP contribution in [0.25, 0.3) is 5.69 Å². The minimum absolute atomic E-state index is 0.293. The number of nitrogens with zero attached hydrogens (tertiary/aromatic N) is 3. The van der Waals surface area contributed by atoms with E-state index in [0.29, 0.717) is 24.1 Å². The molecule has 0 amide bonds. The molecule has 1 N–H and O–H groups in total. The third kappa shape index (κ3) is 4.92. The van der Waals surface area contributed by atoms with E-state index in [0.717, 1.165) is 11.3 Å². The number of para-hydroxylation sites is 1. The maximum absolute atomic E-state index is 10.0. The van der Waals surface area contributed by atoms with Gasteiger partial charge in [0.15, 0.2) is 0 Å². The second-order valence-electron chi connectivity index (χ2n) is 5.27. The maximum atomic E-state index is 10.0. The Morgan fingerprint density at radius 2 is 1.75 bits per heavy atom. The quantitative estimate of drug-likeness (QED) is 0.638. The van der Waals surface area contributed by atoms with Gasteiger partial charge in [0.05, 0.1) is 25.0 Å². The van der Waals surface area contributed by atoms with E-state index < -0.39 is 6.10 Å². The van der Waals surface area contributed by atoms with Crippen LogP contribution in [0.4, 0.5) is 0 Å². The van der Waals surface area contributed by atoms with Gasteiger partial charge >= 0.3 is 0 Å². The fraction of sp³-hybridized carbons (Fsp3) is 0.222. The van der Waals surface area contributed by atoms with Crippen LogP contribution in [0.1, 0.15) is 5.56 Å². The first-order chi connectivity index (χ1) is 11.8. The van der Waals surface area contributed by atoms with Crippen LogP contribution in [0.2, 0.25) is 0 Å². The molecule has 6 heteroatoms. The van der Waals surface area contributed by atoms with Crippen molar-refractivity contribution in [3.8, 4) is 5.69 Å². The SMILES string of the molecule is O[C@@H](COCc1ccccc1)CSc1ncn(-c2ccccc2)n1. The highest BCUT2D eigenvalue weighted by Crippen LogP contribution is 2.15. The van der Waals surface area contributed by atoms with Crippen molar-refractivity contribution < 1.29 is 9.84 Å². The van der Waals surface area contributed by atoms with E-state index in [2.05, 4.69) is 10.1 Å². The van der Waals surface area contributed by atoms with Gasteiger partial charge < -0.3 is 9.84 Å². The van der Waals surface area contributed by atoms with Crippen LogP contribution in [0, 0.1) is 0 Å². The Hall–Kier alpha value is -2.15. The molecule has 124 valence electrons. The molecular formula is C18H19N3O2S. The molecule has 0 saturated heterocycles. The molecule has 2 aromatic carbocycles. The average molecular weight is 341 g/mol. The van der Waals surface area contributed by atoms with E-state index in [-0.39, 0.29) is 0 Å². The largest absolute Gasteiger partial charge is 0.390 e. The lowest BCUT2D eigenvalue weighted by Gasteiger charge is -2.10. The van der Waals surface area contributed by atoms with Gasteiger partial charge in [-0.2, -0.15) is 0 Å². The molecule has 0 saturated carbocycles. The highest BCUT2D eigenvalue weighted by molar-refractivity contribution is 7.99. The molecule has 0 bridgehead atoms. The Labute approximate surface area is 145 Å². The number of aliphatic hydroxyl groups is 1. The third-order valence-corrected chi connectivity index (χ3v) is 4.31. The highest BCUT2D eigenvalue weighted by atomic mass is 32.2. The topological polar surface area (TPSA) is 60.2 Å². The first kappa shape index (κ1) is 16.7. The number of thioether (sulfide) groups is 1. The zero-order valence-corrected chi connectivity index (χ0v) is 14.0.